The maximum Gasteiger partial charge on any atom is 0.303 e. The summed E-state index contributed by atoms with van der Waals surface area (Å²) in [6.07, 6.45) is 18.0. The van der Waals surface area contributed by atoms with Crippen LogP contribution in [0, 0.1) is 17.8 Å². The number of carboxylic acid groups (broad SMARTS) is 1. The highest BCUT2D eigenvalue weighted by Crippen LogP contribution is 2.40. The molecule has 0 radical (unpaired) electrons. The third-order valence-electron chi connectivity index (χ3n) is 8.03. The molecule has 7 heteroatoms. The van der Waals surface area contributed by atoms with Crippen LogP contribution in [0.2, 0.25) is 0 Å². The fraction of sp³-hybridized carbons (Fsp3) is 0.833. The number of allylic oxidation sites excluding steroid dienone is 2. The van der Waals surface area contributed by atoms with Crippen molar-refractivity contribution in [1.82, 2.24) is 0 Å². The third-order valence-corrected chi connectivity index (χ3v) is 8.03. The smallest absolute Gasteiger partial charge is 0.303 e. The summed E-state index contributed by atoms with van der Waals surface area (Å²) in [7, 11) is 0. The number of aliphatic carboxylic acids is 1. The quantitative estimate of drug-likeness (QED) is 0.190. The lowest BCUT2D eigenvalue weighted by atomic mass is 9.87. The van der Waals surface area contributed by atoms with Crippen LogP contribution >= 0.6 is 0 Å². The van der Waals surface area contributed by atoms with Gasteiger partial charge in [-0.25, -0.2) is 0 Å². The van der Waals surface area contributed by atoms with E-state index in [0.29, 0.717) is 12.8 Å². The van der Waals surface area contributed by atoms with Crippen molar-refractivity contribution in [3.8, 4) is 0 Å². The minimum absolute atomic E-state index is 0.0215. The Kier molecular flexibility index (Phi) is 12.6. The van der Waals surface area contributed by atoms with Gasteiger partial charge in [-0.15, -0.1) is 0 Å². The summed E-state index contributed by atoms with van der Waals surface area (Å²) in [4.78, 5) is 10.9. The van der Waals surface area contributed by atoms with Crippen LogP contribution in [0.15, 0.2) is 24.3 Å². The molecule has 3 rings (SSSR count). The van der Waals surface area contributed by atoms with Crippen molar-refractivity contribution in [3.05, 3.63) is 24.3 Å². The first-order chi connectivity index (χ1) is 17.8. The molecule has 4 unspecified atom stereocenters. The number of carbonyl (C=O) groups is 1. The largest absolute Gasteiger partial charge is 0.481 e. The molecule has 37 heavy (non-hydrogen) atoms. The molecule has 0 amide bonds. The summed E-state index contributed by atoms with van der Waals surface area (Å²) in [6, 6.07) is 0. The fourth-order valence-electron chi connectivity index (χ4n) is 5.76. The van der Waals surface area contributed by atoms with Gasteiger partial charge in [0.2, 0.25) is 0 Å². The van der Waals surface area contributed by atoms with Gasteiger partial charge in [-0.1, -0.05) is 57.4 Å². The molecule has 7 nitrogen and oxygen atoms in total. The lowest BCUT2D eigenvalue weighted by Crippen LogP contribution is -2.33. The Morgan fingerprint density at radius 3 is 2.54 bits per heavy atom. The topological polar surface area (TPSA) is 94.5 Å². The molecule has 212 valence electrons. The molecule has 1 aliphatic carbocycles. The first-order valence-corrected chi connectivity index (χ1v) is 14.6. The highest BCUT2D eigenvalue weighted by atomic mass is 16.7. The second-order valence-corrected chi connectivity index (χ2v) is 11.4. The lowest BCUT2D eigenvalue weighted by molar-refractivity contribution is -0.170. The number of aliphatic hydroxyl groups excluding tert-OH is 1. The van der Waals surface area contributed by atoms with Crippen LogP contribution in [-0.2, 0) is 23.7 Å². The Morgan fingerprint density at radius 1 is 1.16 bits per heavy atom. The van der Waals surface area contributed by atoms with Gasteiger partial charge < -0.3 is 29.2 Å². The number of ether oxygens (including phenoxy) is 4. The molecular weight excluding hydrogens is 472 g/mol. The van der Waals surface area contributed by atoms with E-state index >= 15 is 0 Å². The van der Waals surface area contributed by atoms with Crippen LogP contribution in [0.3, 0.4) is 0 Å². The van der Waals surface area contributed by atoms with Gasteiger partial charge in [0.1, 0.15) is 0 Å². The Balaban J connectivity index is 1.73. The minimum atomic E-state index is -0.766. The molecule has 3 fully saturated rings. The number of unbranched alkanes of at least 4 members (excludes halogenated alkanes) is 2. The SMILES string of the molecule is CCCCC[C@@](C)(/C=C/[C@H]1C(OC2CCCO2)C[C@H](O)[C@@H]1C/C=C\C(C)CCC(=O)O)OC1CCCO1. The van der Waals surface area contributed by atoms with Crippen molar-refractivity contribution >= 4 is 5.97 Å². The molecule has 2 aliphatic heterocycles. The number of hydrogen-bond acceptors (Lipinski definition) is 6. The molecule has 0 aromatic heterocycles. The van der Waals surface area contributed by atoms with E-state index in [1.54, 1.807) is 0 Å². The lowest BCUT2D eigenvalue weighted by Gasteiger charge is -2.31. The predicted octanol–water partition coefficient (Wildman–Crippen LogP) is 6.00. The first-order valence-electron chi connectivity index (χ1n) is 14.6. The number of aliphatic hydroxyl groups is 1. The summed E-state index contributed by atoms with van der Waals surface area (Å²) in [5.74, 6) is -0.521. The highest BCUT2D eigenvalue weighted by Gasteiger charge is 2.43. The molecule has 0 aromatic rings. The van der Waals surface area contributed by atoms with Crippen molar-refractivity contribution < 1.29 is 34.0 Å². The van der Waals surface area contributed by atoms with Crippen molar-refractivity contribution in [3.63, 3.8) is 0 Å². The van der Waals surface area contributed by atoms with Crippen molar-refractivity contribution in [2.24, 2.45) is 17.8 Å². The van der Waals surface area contributed by atoms with E-state index < -0.39 is 17.7 Å². The van der Waals surface area contributed by atoms with Gasteiger partial charge in [0, 0.05) is 44.8 Å². The molecular formula is C30H50O7. The minimum Gasteiger partial charge on any atom is -0.481 e. The Bertz CT molecular complexity index is 725. The highest BCUT2D eigenvalue weighted by molar-refractivity contribution is 5.66. The van der Waals surface area contributed by atoms with Crippen molar-refractivity contribution in [1.29, 1.82) is 0 Å². The third kappa shape index (κ3) is 10.1. The molecule has 0 bridgehead atoms. The zero-order chi connectivity index (χ0) is 26.7. The molecule has 2 heterocycles. The van der Waals surface area contributed by atoms with Crippen LogP contribution in [0.4, 0.5) is 0 Å². The van der Waals surface area contributed by atoms with Gasteiger partial charge in [0.05, 0.1) is 17.8 Å². The molecule has 8 atom stereocenters. The second-order valence-electron chi connectivity index (χ2n) is 11.4. The van der Waals surface area contributed by atoms with E-state index in [9.17, 15) is 9.90 Å². The van der Waals surface area contributed by atoms with Crippen LogP contribution in [0.1, 0.15) is 97.8 Å². The van der Waals surface area contributed by atoms with E-state index in [0.717, 1.165) is 64.6 Å². The molecule has 1 saturated carbocycles. The molecule has 0 aromatic carbocycles. The Morgan fingerprint density at radius 2 is 1.89 bits per heavy atom. The van der Waals surface area contributed by atoms with E-state index in [-0.39, 0.29) is 42.9 Å². The summed E-state index contributed by atoms with van der Waals surface area (Å²) >= 11 is 0. The van der Waals surface area contributed by atoms with E-state index in [4.69, 9.17) is 24.1 Å². The van der Waals surface area contributed by atoms with Crippen LogP contribution in [0.5, 0.6) is 0 Å². The van der Waals surface area contributed by atoms with Crippen LogP contribution < -0.4 is 0 Å². The second kappa shape index (κ2) is 15.4. The number of rotatable bonds is 16. The van der Waals surface area contributed by atoms with E-state index in [1.165, 1.54) is 6.42 Å². The average molecular weight is 523 g/mol. The Labute approximate surface area is 223 Å². The number of hydrogen-bond donors (Lipinski definition) is 2. The monoisotopic (exact) mass is 522 g/mol. The maximum absolute atomic E-state index is 11.1. The van der Waals surface area contributed by atoms with Crippen LogP contribution in [0.25, 0.3) is 0 Å². The summed E-state index contributed by atoms with van der Waals surface area (Å²) in [6.45, 7) is 7.88. The normalized spacial score (nSPS) is 33.0. The van der Waals surface area contributed by atoms with Crippen molar-refractivity contribution in [2.75, 3.05) is 13.2 Å². The predicted molar refractivity (Wildman–Crippen MR) is 143 cm³/mol. The van der Waals surface area contributed by atoms with Gasteiger partial charge in [0.25, 0.3) is 0 Å². The zero-order valence-corrected chi connectivity index (χ0v) is 23.2. The molecule has 2 saturated heterocycles. The van der Waals surface area contributed by atoms with Gasteiger partial charge in [0.15, 0.2) is 12.6 Å². The first kappa shape index (κ1) is 30.3. The molecule has 3 aliphatic rings. The fourth-order valence-corrected chi connectivity index (χ4v) is 5.76. The van der Waals surface area contributed by atoms with Gasteiger partial charge in [-0.3, -0.25) is 4.79 Å². The van der Waals surface area contributed by atoms with Crippen LogP contribution in [-0.4, -0.2) is 59.8 Å². The van der Waals surface area contributed by atoms with E-state index in [2.05, 4.69) is 38.2 Å². The summed E-state index contributed by atoms with van der Waals surface area (Å²) in [5, 5.41) is 20.0. The molecule has 0 spiro atoms. The maximum atomic E-state index is 11.1. The standard InChI is InChI=1S/C30H50O7/c1-4-5-6-17-30(3,37-29-13-9-20-35-29)18-16-24-23(11-7-10-22(2)14-15-27(32)33)25(31)21-26(24)36-28-12-8-19-34-28/h7,10,16,18,22-26,28-29,31H,4-6,8-9,11-15,17,19-21H2,1-3H3,(H,32,33)/b10-7-,18-16+/t22?,23-,24-,25+,26?,28?,29?,30+/m1/s1. The zero-order valence-electron chi connectivity index (χ0n) is 23.2. The molecule has 2 N–H and O–H groups in total. The number of carboxylic acids is 1. The van der Waals surface area contributed by atoms with E-state index in [1.807, 2.05) is 6.92 Å². The Hall–Kier alpha value is -1.25. The van der Waals surface area contributed by atoms with Crippen molar-refractivity contribution in [2.45, 2.75) is 128 Å². The summed E-state index contributed by atoms with van der Waals surface area (Å²) < 4.78 is 24.4. The van der Waals surface area contributed by atoms with Gasteiger partial charge in [-0.05, 0) is 50.9 Å². The summed E-state index contributed by atoms with van der Waals surface area (Å²) in [5.41, 5.74) is -0.433. The van der Waals surface area contributed by atoms with Gasteiger partial charge >= 0.3 is 5.97 Å². The van der Waals surface area contributed by atoms with Gasteiger partial charge in [-0.2, -0.15) is 0 Å². The average Bonchev–Trinajstić information content (AvgIpc) is 3.61.